The highest BCUT2D eigenvalue weighted by Gasteiger charge is 2.25. The fraction of sp³-hybridized carbons (Fsp3) is 0.643. The Morgan fingerprint density at radius 2 is 2.36 bits per heavy atom. The highest BCUT2D eigenvalue weighted by atomic mass is 127. The Morgan fingerprint density at radius 1 is 1.59 bits per heavy atom. The lowest BCUT2D eigenvalue weighted by molar-refractivity contribution is -0.129. The summed E-state index contributed by atoms with van der Waals surface area (Å²) in [5.41, 5.74) is 0. The van der Waals surface area contributed by atoms with E-state index in [0.717, 1.165) is 37.0 Å². The zero-order valence-corrected chi connectivity index (χ0v) is 16.4. The number of carbonyl (C=O) groups is 1. The van der Waals surface area contributed by atoms with E-state index in [-0.39, 0.29) is 35.9 Å². The molecule has 1 saturated heterocycles. The van der Waals surface area contributed by atoms with Crippen LogP contribution in [0.15, 0.2) is 11.2 Å². The number of likely N-dealkylation sites (tertiary alicyclic amines) is 1. The second-order valence-electron chi connectivity index (χ2n) is 5.09. The number of amides is 1. The van der Waals surface area contributed by atoms with Crippen molar-refractivity contribution in [1.82, 2.24) is 20.5 Å². The van der Waals surface area contributed by atoms with Gasteiger partial charge in [-0.15, -0.1) is 35.3 Å². The molecule has 0 aliphatic carbocycles. The molecule has 8 heteroatoms. The maximum Gasteiger partial charge on any atom is 0.222 e. The quantitative estimate of drug-likeness (QED) is 0.428. The van der Waals surface area contributed by atoms with Crippen LogP contribution >= 0.6 is 35.3 Å². The molecule has 0 aromatic carbocycles. The average molecular weight is 437 g/mol. The Morgan fingerprint density at radius 3 is 2.95 bits per heavy atom. The van der Waals surface area contributed by atoms with E-state index in [1.165, 1.54) is 4.88 Å². The predicted octanol–water partition coefficient (Wildman–Crippen LogP) is 1.75. The molecule has 2 heterocycles. The molecule has 0 bridgehead atoms. The van der Waals surface area contributed by atoms with Gasteiger partial charge in [0.25, 0.3) is 0 Å². The topological polar surface area (TPSA) is 69.6 Å². The number of nitrogens with one attached hydrogen (secondary N) is 2. The highest BCUT2D eigenvalue weighted by molar-refractivity contribution is 14.0. The molecule has 1 fully saturated rings. The van der Waals surface area contributed by atoms with Gasteiger partial charge in [-0.2, -0.15) is 0 Å². The van der Waals surface area contributed by atoms with Gasteiger partial charge in [0.2, 0.25) is 5.91 Å². The number of hydrogen-bond acceptors (Lipinski definition) is 4. The van der Waals surface area contributed by atoms with Crippen LogP contribution in [0.4, 0.5) is 0 Å². The van der Waals surface area contributed by atoms with Gasteiger partial charge in [-0.05, 0) is 13.3 Å². The summed E-state index contributed by atoms with van der Waals surface area (Å²) >= 11 is 1.68. The lowest BCUT2D eigenvalue weighted by atomic mass is 10.3. The molecule has 22 heavy (non-hydrogen) atoms. The summed E-state index contributed by atoms with van der Waals surface area (Å²) in [6, 6.07) is 0.273. The molecule has 0 saturated carbocycles. The first-order valence-electron chi connectivity index (χ1n) is 7.28. The zero-order valence-electron chi connectivity index (χ0n) is 13.3. The van der Waals surface area contributed by atoms with E-state index in [9.17, 15) is 4.79 Å². The maximum atomic E-state index is 11.7. The standard InChI is InChI=1S/C14H23N5OS.HI/c1-4-13(20)19-6-5-11(9-19)18-14(15-3)17-8-12-7-16-10(2)21-12;/h7,11H,4-6,8-9H2,1-3H3,(H2,15,17,18);1H. The number of thiazole rings is 1. The normalized spacial score (nSPS) is 18.0. The second kappa shape index (κ2) is 9.29. The molecule has 1 atom stereocenters. The van der Waals surface area contributed by atoms with Crippen molar-refractivity contribution < 1.29 is 4.79 Å². The van der Waals surface area contributed by atoms with Gasteiger partial charge >= 0.3 is 0 Å². The van der Waals surface area contributed by atoms with Crippen molar-refractivity contribution in [1.29, 1.82) is 0 Å². The monoisotopic (exact) mass is 437 g/mol. The van der Waals surface area contributed by atoms with Gasteiger partial charge in [-0.1, -0.05) is 6.92 Å². The first-order chi connectivity index (χ1) is 10.1. The van der Waals surface area contributed by atoms with Crippen molar-refractivity contribution in [2.75, 3.05) is 20.1 Å². The number of aromatic nitrogens is 1. The Labute approximate surface area is 152 Å². The summed E-state index contributed by atoms with van der Waals surface area (Å²) in [4.78, 5) is 23.2. The number of aryl methyl sites for hydroxylation is 1. The number of rotatable bonds is 4. The lowest BCUT2D eigenvalue weighted by Gasteiger charge is -2.18. The van der Waals surface area contributed by atoms with Crippen LogP contribution in [0.5, 0.6) is 0 Å². The van der Waals surface area contributed by atoms with Gasteiger partial charge in [0.05, 0.1) is 11.6 Å². The van der Waals surface area contributed by atoms with E-state index in [0.29, 0.717) is 6.42 Å². The molecular weight excluding hydrogens is 413 g/mol. The number of nitrogens with zero attached hydrogens (tertiary/aromatic N) is 3. The third kappa shape index (κ3) is 5.38. The molecule has 0 radical (unpaired) electrons. The van der Waals surface area contributed by atoms with E-state index in [1.54, 1.807) is 18.4 Å². The van der Waals surface area contributed by atoms with Crippen molar-refractivity contribution in [3.8, 4) is 0 Å². The van der Waals surface area contributed by atoms with Crippen molar-refractivity contribution in [3.63, 3.8) is 0 Å². The molecular formula is C14H24IN5OS. The Balaban J connectivity index is 0.00000242. The molecule has 1 amide bonds. The molecule has 6 nitrogen and oxygen atoms in total. The minimum atomic E-state index is 0. The lowest BCUT2D eigenvalue weighted by Crippen LogP contribution is -2.44. The largest absolute Gasteiger partial charge is 0.352 e. The molecule has 1 aliphatic rings. The van der Waals surface area contributed by atoms with Crippen LogP contribution in [0.2, 0.25) is 0 Å². The third-order valence-corrected chi connectivity index (χ3v) is 4.42. The highest BCUT2D eigenvalue weighted by Crippen LogP contribution is 2.12. The van der Waals surface area contributed by atoms with E-state index in [1.807, 2.05) is 24.9 Å². The van der Waals surface area contributed by atoms with E-state index >= 15 is 0 Å². The minimum Gasteiger partial charge on any atom is -0.352 e. The van der Waals surface area contributed by atoms with E-state index < -0.39 is 0 Å². The molecule has 0 spiro atoms. The Hall–Kier alpha value is -0.900. The van der Waals surface area contributed by atoms with Crippen LogP contribution in [-0.4, -0.2) is 47.9 Å². The van der Waals surface area contributed by atoms with Crippen molar-refractivity contribution in [2.24, 2.45) is 4.99 Å². The van der Waals surface area contributed by atoms with Crippen LogP contribution in [0.25, 0.3) is 0 Å². The third-order valence-electron chi connectivity index (χ3n) is 3.51. The van der Waals surface area contributed by atoms with Crippen LogP contribution in [0.1, 0.15) is 29.7 Å². The van der Waals surface area contributed by atoms with Gasteiger partial charge in [-0.25, -0.2) is 4.98 Å². The molecule has 1 aromatic rings. The number of halogens is 1. The van der Waals surface area contributed by atoms with Crippen LogP contribution in [0.3, 0.4) is 0 Å². The number of hydrogen-bond donors (Lipinski definition) is 2. The summed E-state index contributed by atoms with van der Waals surface area (Å²) in [5.74, 6) is 0.999. The number of guanidine groups is 1. The van der Waals surface area contributed by atoms with Crippen LogP contribution in [0, 0.1) is 6.92 Å². The van der Waals surface area contributed by atoms with E-state index in [2.05, 4.69) is 20.6 Å². The van der Waals surface area contributed by atoms with Crippen LogP contribution in [-0.2, 0) is 11.3 Å². The summed E-state index contributed by atoms with van der Waals surface area (Å²) in [7, 11) is 1.76. The Kier molecular flexibility index (Phi) is 8.08. The maximum absolute atomic E-state index is 11.7. The van der Waals surface area contributed by atoms with Crippen LogP contribution < -0.4 is 10.6 Å². The summed E-state index contributed by atoms with van der Waals surface area (Å²) < 4.78 is 0. The summed E-state index contributed by atoms with van der Waals surface area (Å²) in [6.45, 7) is 6.21. The average Bonchev–Trinajstić information content (AvgIpc) is 3.11. The fourth-order valence-electron chi connectivity index (χ4n) is 2.37. The summed E-state index contributed by atoms with van der Waals surface area (Å²) in [6.07, 6.45) is 3.42. The van der Waals surface area contributed by atoms with Crippen molar-refractivity contribution in [3.05, 3.63) is 16.1 Å². The van der Waals surface area contributed by atoms with Gasteiger partial charge in [0.15, 0.2) is 5.96 Å². The SMILES string of the molecule is CCC(=O)N1CCC(NC(=NC)NCc2cnc(C)s2)C1.I. The zero-order chi connectivity index (χ0) is 15.2. The smallest absolute Gasteiger partial charge is 0.222 e. The van der Waals surface area contributed by atoms with Gasteiger partial charge in [0, 0.05) is 43.7 Å². The van der Waals surface area contributed by atoms with Gasteiger partial charge in [0.1, 0.15) is 0 Å². The predicted molar refractivity (Wildman–Crippen MR) is 101 cm³/mol. The second-order valence-corrected chi connectivity index (χ2v) is 6.41. The van der Waals surface area contributed by atoms with Gasteiger partial charge < -0.3 is 15.5 Å². The molecule has 2 rings (SSSR count). The molecule has 1 aromatic heterocycles. The fourth-order valence-corrected chi connectivity index (χ4v) is 3.11. The van der Waals surface area contributed by atoms with Gasteiger partial charge in [-0.3, -0.25) is 9.79 Å². The molecule has 1 unspecified atom stereocenters. The first-order valence-corrected chi connectivity index (χ1v) is 8.10. The molecule has 124 valence electrons. The number of aliphatic imine (C=N–C) groups is 1. The Bertz CT molecular complexity index is 519. The number of carbonyl (C=O) groups excluding carboxylic acids is 1. The molecule has 2 N–H and O–H groups in total. The first kappa shape index (κ1) is 19.1. The summed E-state index contributed by atoms with van der Waals surface area (Å²) in [5, 5.41) is 7.74. The van der Waals surface area contributed by atoms with Crippen molar-refractivity contribution in [2.45, 2.75) is 39.3 Å². The van der Waals surface area contributed by atoms with Crippen molar-refractivity contribution >= 4 is 47.2 Å². The van der Waals surface area contributed by atoms with E-state index in [4.69, 9.17) is 0 Å². The molecule has 1 aliphatic heterocycles. The minimum absolute atomic E-state index is 0.